The van der Waals surface area contributed by atoms with Crippen LogP contribution in [0.15, 0.2) is 30.3 Å². The average molecular weight is 322 g/mol. The molecule has 0 saturated carbocycles. The van der Waals surface area contributed by atoms with Crippen LogP contribution in [-0.4, -0.2) is 31.1 Å². The van der Waals surface area contributed by atoms with Crippen LogP contribution in [0.1, 0.15) is 10.4 Å². The minimum Gasteiger partial charge on any atom is -0.468 e. The van der Waals surface area contributed by atoms with E-state index in [1.807, 2.05) is 24.3 Å². The zero-order valence-electron chi connectivity index (χ0n) is 11.8. The van der Waals surface area contributed by atoms with Gasteiger partial charge in [0.2, 0.25) is 0 Å². The first-order valence-corrected chi connectivity index (χ1v) is 8.02. The number of ether oxygens (including phenoxy) is 1. The Hall–Kier alpha value is -1.36. The Balaban J connectivity index is 1.82. The van der Waals surface area contributed by atoms with E-state index in [4.69, 9.17) is 16.3 Å². The van der Waals surface area contributed by atoms with Crippen molar-refractivity contribution in [2.75, 3.05) is 20.2 Å². The van der Waals surface area contributed by atoms with Gasteiger partial charge in [-0.2, -0.15) is 0 Å². The largest absolute Gasteiger partial charge is 0.468 e. The maximum absolute atomic E-state index is 11.4. The highest BCUT2D eigenvalue weighted by Gasteiger charge is 2.21. The van der Waals surface area contributed by atoms with Crippen molar-refractivity contribution in [3.05, 3.63) is 45.8 Å². The molecule has 0 atom stereocenters. The highest BCUT2D eigenvalue weighted by molar-refractivity contribution is 7.15. The summed E-state index contributed by atoms with van der Waals surface area (Å²) in [6.07, 6.45) is 0.966. The molecule has 0 spiro atoms. The first-order valence-electron chi connectivity index (χ1n) is 6.83. The SMILES string of the molecule is COC(=O)CN1CCc2cc(-c3ccccc3Cl)sc2C1. The highest BCUT2D eigenvalue weighted by Crippen LogP contribution is 2.37. The second kappa shape index (κ2) is 6.18. The molecule has 3 rings (SSSR count). The molecule has 1 aliphatic rings. The Morgan fingerprint density at radius 3 is 3.00 bits per heavy atom. The molecule has 0 radical (unpaired) electrons. The van der Waals surface area contributed by atoms with Gasteiger partial charge in [-0.3, -0.25) is 9.69 Å². The minimum absolute atomic E-state index is 0.179. The van der Waals surface area contributed by atoms with Crippen LogP contribution in [0, 0.1) is 0 Å². The molecule has 3 nitrogen and oxygen atoms in total. The van der Waals surface area contributed by atoms with Gasteiger partial charge in [0.25, 0.3) is 0 Å². The monoisotopic (exact) mass is 321 g/mol. The first-order chi connectivity index (χ1) is 10.2. The molecule has 0 bridgehead atoms. The summed E-state index contributed by atoms with van der Waals surface area (Å²) in [5, 5.41) is 0.780. The Morgan fingerprint density at radius 2 is 2.24 bits per heavy atom. The maximum Gasteiger partial charge on any atom is 0.319 e. The van der Waals surface area contributed by atoms with Gasteiger partial charge in [-0.25, -0.2) is 0 Å². The summed E-state index contributed by atoms with van der Waals surface area (Å²) in [5.41, 5.74) is 2.45. The Labute approximate surface area is 133 Å². The van der Waals surface area contributed by atoms with Crippen LogP contribution >= 0.6 is 22.9 Å². The number of carbonyl (C=O) groups is 1. The lowest BCUT2D eigenvalue weighted by molar-refractivity contribution is -0.142. The van der Waals surface area contributed by atoms with Crippen molar-refractivity contribution >= 4 is 28.9 Å². The number of hydrogen-bond acceptors (Lipinski definition) is 4. The van der Waals surface area contributed by atoms with Gasteiger partial charge in [0, 0.05) is 33.4 Å². The number of hydrogen-bond donors (Lipinski definition) is 0. The third-order valence-electron chi connectivity index (χ3n) is 3.68. The molecule has 5 heteroatoms. The topological polar surface area (TPSA) is 29.5 Å². The van der Waals surface area contributed by atoms with Gasteiger partial charge in [-0.15, -0.1) is 11.3 Å². The summed E-state index contributed by atoms with van der Waals surface area (Å²) in [6.45, 7) is 2.05. The van der Waals surface area contributed by atoms with Crippen LogP contribution in [0.25, 0.3) is 10.4 Å². The average Bonchev–Trinajstić information content (AvgIpc) is 2.90. The number of carbonyl (C=O) groups excluding carboxylic acids is 1. The molecule has 1 aromatic carbocycles. The molecule has 21 heavy (non-hydrogen) atoms. The quantitative estimate of drug-likeness (QED) is 0.809. The fraction of sp³-hybridized carbons (Fsp3) is 0.312. The molecule has 1 aromatic heterocycles. The number of methoxy groups -OCH3 is 1. The van der Waals surface area contributed by atoms with Gasteiger partial charge in [0.05, 0.1) is 13.7 Å². The predicted molar refractivity (Wildman–Crippen MR) is 85.8 cm³/mol. The van der Waals surface area contributed by atoms with Crippen LogP contribution in [0.3, 0.4) is 0 Å². The number of halogens is 1. The van der Waals surface area contributed by atoms with Crippen LogP contribution in [-0.2, 0) is 22.5 Å². The van der Waals surface area contributed by atoms with E-state index in [1.54, 1.807) is 11.3 Å². The molecular formula is C16H16ClNO2S. The second-order valence-corrected chi connectivity index (χ2v) is 6.62. The maximum atomic E-state index is 11.4. The van der Waals surface area contributed by atoms with Crippen LogP contribution in [0.5, 0.6) is 0 Å². The summed E-state index contributed by atoms with van der Waals surface area (Å²) in [5.74, 6) is -0.179. The van der Waals surface area contributed by atoms with Gasteiger partial charge in [-0.05, 0) is 24.1 Å². The molecule has 0 N–H and O–H groups in total. The number of nitrogens with zero attached hydrogens (tertiary/aromatic N) is 1. The molecule has 2 heterocycles. The van der Waals surface area contributed by atoms with E-state index in [0.29, 0.717) is 6.54 Å². The van der Waals surface area contributed by atoms with E-state index >= 15 is 0 Å². The van der Waals surface area contributed by atoms with Crippen molar-refractivity contribution in [2.45, 2.75) is 13.0 Å². The fourth-order valence-corrected chi connectivity index (χ4v) is 4.14. The number of thiophene rings is 1. The minimum atomic E-state index is -0.179. The molecule has 1 aliphatic heterocycles. The Morgan fingerprint density at radius 1 is 1.43 bits per heavy atom. The second-order valence-electron chi connectivity index (χ2n) is 5.08. The third kappa shape index (κ3) is 3.12. The molecular weight excluding hydrogens is 306 g/mol. The van der Waals surface area contributed by atoms with Crippen LogP contribution < -0.4 is 0 Å². The van der Waals surface area contributed by atoms with Crippen LogP contribution in [0.4, 0.5) is 0 Å². The third-order valence-corrected chi connectivity index (χ3v) is 5.21. The van der Waals surface area contributed by atoms with Crippen molar-refractivity contribution < 1.29 is 9.53 Å². The Bertz CT molecular complexity index is 668. The molecule has 110 valence electrons. The number of esters is 1. The Kier molecular flexibility index (Phi) is 4.29. The zero-order valence-corrected chi connectivity index (χ0v) is 13.3. The molecule has 0 fully saturated rings. The smallest absolute Gasteiger partial charge is 0.319 e. The lowest BCUT2D eigenvalue weighted by atomic mass is 10.1. The van der Waals surface area contributed by atoms with Gasteiger partial charge < -0.3 is 4.74 Å². The summed E-state index contributed by atoms with van der Waals surface area (Å²) < 4.78 is 4.74. The summed E-state index contributed by atoms with van der Waals surface area (Å²) >= 11 is 8.04. The zero-order chi connectivity index (χ0) is 14.8. The van der Waals surface area contributed by atoms with Gasteiger partial charge in [0.1, 0.15) is 0 Å². The summed E-state index contributed by atoms with van der Waals surface area (Å²) in [6, 6.07) is 10.1. The predicted octanol–water partition coefficient (Wildman–Crippen LogP) is 3.60. The van der Waals surface area contributed by atoms with E-state index in [2.05, 4.69) is 11.0 Å². The number of rotatable bonds is 3. The molecule has 0 amide bonds. The molecule has 0 saturated heterocycles. The lowest BCUT2D eigenvalue weighted by Crippen LogP contribution is -2.34. The van der Waals surface area contributed by atoms with E-state index in [1.165, 1.54) is 22.4 Å². The van der Waals surface area contributed by atoms with Crippen molar-refractivity contribution in [1.29, 1.82) is 0 Å². The molecule has 2 aromatic rings. The lowest BCUT2D eigenvalue weighted by Gasteiger charge is -2.25. The molecule has 0 aliphatic carbocycles. The van der Waals surface area contributed by atoms with Gasteiger partial charge >= 0.3 is 5.97 Å². The standard InChI is InChI=1S/C16H16ClNO2S/c1-20-16(19)10-18-7-6-11-8-14(21-15(11)9-18)12-4-2-3-5-13(12)17/h2-5,8H,6-7,9-10H2,1H3. The summed E-state index contributed by atoms with van der Waals surface area (Å²) in [7, 11) is 1.43. The van der Waals surface area contributed by atoms with E-state index < -0.39 is 0 Å². The molecule has 0 unspecified atom stereocenters. The normalized spacial score (nSPS) is 14.8. The fourth-order valence-electron chi connectivity index (χ4n) is 2.55. The van der Waals surface area contributed by atoms with Gasteiger partial charge in [-0.1, -0.05) is 29.8 Å². The van der Waals surface area contributed by atoms with E-state index in [9.17, 15) is 4.79 Å². The van der Waals surface area contributed by atoms with E-state index in [0.717, 1.165) is 30.1 Å². The van der Waals surface area contributed by atoms with Crippen molar-refractivity contribution in [3.63, 3.8) is 0 Å². The highest BCUT2D eigenvalue weighted by atomic mass is 35.5. The van der Waals surface area contributed by atoms with Crippen LogP contribution in [0.2, 0.25) is 5.02 Å². The first kappa shape index (κ1) is 14.6. The van der Waals surface area contributed by atoms with Crippen molar-refractivity contribution in [3.8, 4) is 10.4 Å². The van der Waals surface area contributed by atoms with Crippen molar-refractivity contribution in [2.24, 2.45) is 0 Å². The van der Waals surface area contributed by atoms with Gasteiger partial charge in [0.15, 0.2) is 0 Å². The summed E-state index contributed by atoms with van der Waals surface area (Å²) in [4.78, 5) is 16.0. The van der Waals surface area contributed by atoms with Crippen molar-refractivity contribution in [1.82, 2.24) is 4.90 Å². The number of fused-ring (bicyclic) bond motifs is 1. The number of benzene rings is 1. The van der Waals surface area contributed by atoms with E-state index in [-0.39, 0.29) is 5.97 Å².